The molecule has 21 heavy (non-hydrogen) atoms. The first-order chi connectivity index (χ1) is 10.1. The van der Waals surface area contributed by atoms with Crippen molar-refractivity contribution in [2.45, 2.75) is 26.2 Å². The van der Waals surface area contributed by atoms with Crippen LogP contribution in [0.15, 0.2) is 24.3 Å². The molecule has 0 spiro atoms. The Morgan fingerprint density at radius 2 is 2.05 bits per heavy atom. The number of anilines is 1. The lowest BCUT2D eigenvalue weighted by Gasteiger charge is -2.27. The number of hydrogen-bond acceptors (Lipinski definition) is 1. The molecule has 3 nitrogen and oxygen atoms in total. The van der Waals surface area contributed by atoms with Crippen molar-refractivity contribution in [2.75, 3.05) is 31.5 Å². The fourth-order valence-corrected chi connectivity index (χ4v) is 2.90. The summed E-state index contributed by atoms with van der Waals surface area (Å²) >= 11 is 5.19. The molecule has 0 aromatic heterocycles. The fourth-order valence-electron chi connectivity index (χ4n) is 2.69. The van der Waals surface area contributed by atoms with Crippen molar-refractivity contribution >= 4 is 23.0 Å². The van der Waals surface area contributed by atoms with E-state index in [9.17, 15) is 4.39 Å². The summed E-state index contributed by atoms with van der Waals surface area (Å²) in [6.45, 7) is 6.94. The van der Waals surface area contributed by atoms with Gasteiger partial charge in [-0.05, 0) is 43.1 Å². The summed E-state index contributed by atoms with van der Waals surface area (Å²) in [5, 5.41) is 6.53. The van der Waals surface area contributed by atoms with Gasteiger partial charge >= 0.3 is 0 Å². The molecule has 1 heterocycles. The van der Waals surface area contributed by atoms with Crippen LogP contribution in [-0.4, -0.2) is 31.3 Å². The number of hydrogen-bond donors (Lipinski definition) is 3. The maximum Gasteiger partial charge on any atom is 0.170 e. The van der Waals surface area contributed by atoms with Gasteiger partial charge in [0.25, 0.3) is 0 Å². The van der Waals surface area contributed by atoms with E-state index in [1.165, 1.54) is 38.5 Å². The Labute approximate surface area is 131 Å². The molecule has 0 saturated carbocycles. The van der Waals surface area contributed by atoms with Gasteiger partial charge in [-0.2, -0.15) is 0 Å². The molecule has 116 valence electrons. The monoisotopic (exact) mass is 310 g/mol. The predicted octanol–water partition coefficient (Wildman–Crippen LogP) is 1.82. The van der Waals surface area contributed by atoms with E-state index < -0.39 is 0 Å². The van der Waals surface area contributed by atoms with Crippen molar-refractivity contribution in [3.8, 4) is 0 Å². The molecule has 0 bridgehead atoms. The van der Waals surface area contributed by atoms with Crippen molar-refractivity contribution in [2.24, 2.45) is 5.92 Å². The number of halogens is 1. The molecule has 0 unspecified atom stereocenters. The second kappa shape index (κ2) is 8.29. The Kier molecular flexibility index (Phi) is 6.39. The van der Waals surface area contributed by atoms with Crippen LogP contribution in [0.4, 0.5) is 10.1 Å². The Balaban J connectivity index is 1.60. The summed E-state index contributed by atoms with van der Waals surface area (Å²) in [6.07, 6.45) is 3.77. The lowest BCUT2D eigenvalue weighted by Crippen LogP contribution is -3.13. The number of quaternary nitrogens is 1. The van der Waals surface area contributed by atoms with Crippen LogP contribution in [0.1, 0.15) is 26.2 Å². The topological polar surface area (TPSA) is 28.5 Å². The molecule has 1 fully saturated rings. The highest BCUT2D eigenvalue weighted by molar-refractivity contribution is 7.80. The fraction of sp³-hybridized carbons (Fsp3) is 0.562. The number of rotatable bonds is 5. The van der Waals surface area contributed by atoms with Gasteiger partial charge in [0.05, 0.1) is 25.3 Å². The van der Waals surface area contributed by atoms with Crippen LogP contribution in [0.25, 0.3) is 0 Å². The third kappa shape index (κ3) is 5.59. The molecule has 1 aromatic carbocycles. The summed E-state index contributed by atoms with van der Waals surface area (Å²) < 4.78 is 13.5. The van der Waals surface area contributed by atoms with E-state index in [4.69, 9.17) is 12.2 Å². The smallest absolute Gasteiger partial charge is 0.170 e. The molecule has 1 aromatic rings. The summed E-state index contributed by atoms with van der Waals surface area (Å²) in [7, 11) is 0. The van der Waals surface area contributed by atoms with E-state index >= 15 is 0 Å². The van der Waals surface area contributed by atoms with Gasteiger partial charge in [0, 0.05) is 13.0 Å². The van der Waals surface area contributed by atoms with Crippen molar-refractivity contribution < 1.29 is 9.29 Å². The van der Waals surface area contributed by atoms with Gasteiger partial charge in [0.15, 0.2) is 5.11 Å². The summed E-state index contributed by atoms with van der Waals surface area (Å²) in [4.78, 5) is 1.70. The number of benzene rings is 1. The Bertz CT molecular complexity index is 459. The first-order valence-corrected chi connectivity index (χ1v) is 8.19. The average molecular weight is 310 g/mol. The van der Waals surface area contributed by atoms with E-state index in [0.29, 0.717) is 10.8 Å². The molecule has 1 saturated heterocycles. The van der Waals surface area contributed by atoms with Crippen LogP contribution in [-0.2, 0) is 0 Å². The van der Waals surface area contributed by atoms with E-state index in [1.807, 2.05) is 0 Å². The Hall–Kier alpha value is -1.20. The minimum atomic E-state index is -0.284. The molecule has 1 aliphatic rings. The van der Waals surface area contributed by atoms with Gasteiger partial charge in [0.2, 0.25) is 0 Å². The Morgan fingerprint density at radius 3 is 2.76 bits per heavy atom. The van der Waals surface area contributed by atoms with Crippen LogP contribution in [0.3, 0.4) is 0 Å². The molecule has 1 aliphatic heterocycles. The van der Waals surface area contributed by atoms with Crippen LogP contribution < -0.4 is 15.5 Å². The van der Waals surface area contributed by atoms with Crippen molar-refractivity contribution in [1.29, 1.82) is 0 Å². The molecule has 5 heteroatoms. The van der Waals surface area contributed by atoms with Gasteiger partial charge in [-0.1, -0.05) is 19.1 Å². The van der Waals surface area contributed by atoms with E-state index in [2.05, 4.69) is 17.6 Å². The van der Waals surface area contributed by atoms with Crippen molar-refractivity contribution in [3.63, 3.8) is 0 Å². The zero-order chi connectivity index (χ0) is 15.1. The molecule has 3 N–H and O–H groups in total. The normalized spacial score (nSPS) is 21.8. The number of thiocarbonyl (C=S) groups is 1. The maximum atomic E-state index is 13.5. The first kappa shape index (κ1) is 16.2. The first-order valence-electron chi connectivity index (χ1n) is 7.78. The lowest BCUT2D eigenvalue weighted by atomic mass is 9.99. The average Bonchev–Trinajstić information content (AvgIpc) is 2.48. The molecular weight excluding hydrogens is 285 g/mol. The highest BCUT2D eigenvalue weighted by Gasteiger charge is 2.17. The number of para-hydroxylation sites is 1. The second-order valence-corrected chi connectivity index (χ2v) is 6.31. The molecule has 0 radical (unpaired) electrons. The second-order valence-electron chi connectivity index (χ2n) is 5.90. The molecule has 0 atom stereocenters. The Morgan fingerprint density at radius 1 is 1.33 bits per heavy atom. The maximum absolute atomic E-state index is 13.5. The molecule has 0 aliphatic carbocycles. The SMILES string of the molecule is CC1CC[NH+](CCCNC(=S)Nc2ccccc2F)CC1. The van der Waals surface area contributed by atoms with Crippen LogP contribution >= 0.6 is 12.2 Å². The molecule has 0 amide bonds. The largest absolute Gasteiger partial charge is 0.362 e. The van der Waals surface area contributed by atoms with Gasteiger partial charge in [-0.25, -0.2) is 4.39 Å². The van der Waals surface area contributed by atoms with Gasteiger partial charge in [-0.15, -0.1) is 0 Å². The van der Waals surface area contributed by atoms with E-state index in [-0.39, 0.29) is 5.82 Å². The lowest BCUT2D eigenvalue weighted by molar-refractivity contribution is -0.906. The minimum Gasteiger partial charge on any atom is -0.362 e. The minimum absolute atomic E-state index is 0.284. The molecular formula is C16H25FN3S+. The van der Waals surface area contributed by atoms with Gasteiger partial charge < -0.3 is 15.5 Å². The quantitative estimate of drug-likeness (QED) is 0.572. The van der Waals surface area contributed by atoms with Gasteiger partial charge in [-0.3, -0.25) is 0 Å². The zero-order valence-corrected chi connectivity index (χ0v) is 13.4. The highest BCUT2D eigenvalue weighted by Crippen LogP contribution is 2.11. The highest BCUT2D eigenvalue weighted by atomic mass is 32.1. The van der Waals surface area contributed by atoms with E-state index in [1.54, 1.807) is 23.1 Å². The number of nitrogens with one attached hydrogen (secondary N) is 3. The summed E-state index contributed by atoms with van der Waals surface area (Å²) in [6, 6.07) is 6.56. The summed E-state index contributed by atoms with van der Waals surface area (Å²) in [5.41, 5.74) is 0.422. The third-order valence-electron chi connectivity index (χ3n) is 4.10. The summed E-state index contributed by atoms with van der Waals surface area (Å²) in [5.74, 6) is 0.609. The standard InChI is InChI=1S/C16H24FN3S/c1-13-7-11-20(12-8-13)10-4-9-18-16(21)19-15-6-3-2-5-14(15)17/h2-3,5-6,13H,4,7-12H2,1H3,(H2,18,19,21)/p+1. The molecule has 2 rings (SSSR count). The third-order valence-corrected chi connectivity index (χ3v) is 4.34. The van der Waals surface area contributed by atoms with E-state index in [0.717, 1.165) is 18.9 Å². The van der Waals surface area contributed by atoms with Crippen molar-refractivity contribution in [1.82, 2.24) is 5.32 Å². The van der Waals surface area contributed by atoms with Gasteiger partial charge in [0.1, 0.15) is 5.82 Å². The number of piperidine rings is 1. The zero-order valence-electron chi connectivity index (χ0n) is 12.6. The van der Waals surface area contributed by atoms with Crippen LogP contribution in [0.2, 0.25) is 0 Å². The van der Waals surface area contributed by atoms with Crippen LogP contribution in [0, 0.1) is 11.7 Å². The van der Waals surface area contributed by atoms with Crippen molar-refractivity contribution in [3.05, 3.63) is 30.1 Å². The van der Waals surface area contributed by atoms with Crippen LogP contribution in [0.5, 0.6) is 0 Å². The number of likely N-dealkylation sites (tertiary alicyclic amines) is 1. The predicted molar refractivity (Wildman–Crippen MR) is 89.2 cm³/mol.